The van der Waals surface area contributed by atoms with Gasteiger partial charge in [0.1, 0.15) is 6.10 Å². The van der Waals surface area contributed by atoms with Gasteiger partial charge in [-0.15, -0.1) is 0 Å². The molecule has 1 aromatic rings. The van der Waals surface area contributed by atoms with E-state index in [1.54, 1.807) is 0 Å². The van der Waals surface area contributed by atoms with Gasteiger partial charge in [0.25, 0.3) is 0 Å². The molecule has 0 saturated heterocycles. The third-order valence-corrected chi connectivity index (χ3v) is 6.71. The van der Waals surface area contributed by atoms with E-state index in [1.165, 1.54) is 5.56 Å². The standard InChI is InChI=1S/C34H60O8/c1-4-6-17-33(5-2)42-34(35)18-13-8-7-9-14-19-39-28-31(3)29-40-26-24-37-22-20-36-21-23-38-25-27-41-30-32-15-11-10-12-16-32/h10-12,15-16,31,33H,4-9,13-14,17-30H2,1-3H3. The van der Waals surface area contributed by atoms with Crippen molar-refractivity contribution in [1.82, 2.24) is 0 Å². The molecule has 2 atom stereocenters. The highest BCUT2D eigenvalue weighted by Gasteiger charge is 2.11. The Balaban J connectivity index is 1.75. The highest BCUT2D eigenvalue weighted by Crippen LogP contribution is 2.12. The normalized spacial score (nSPS) is 12.8. The fourth-order valence-electron chi connectivity index (χ4n) is 4.19. The fraction of sp³-hybridized carbons (Fsp3) is 0.794. The van der Waals surface area contributed by atoms with E-state index in [0.29, 0.717) is 85.0 Å². The summed E-state index contributed by atoms with van der Waals surface area (Å²) in [7, 11) is 0. The first-order valence-electron chi connectivity index (χ1n) is 16.4. The van der Waals surface area contributed by atoms with E-state index in [-0.39, 0.29) is 12.1 Å². The lowest BCUT2D eigenvalue weighted by atomic mass is 10.1. The van der Waals surface area contributed by atoms with Gasteiger partial charge in [-0.25, -0.2) is 0 Å². The second-order valence-electron chi connectivity index (χ2n) is 10.8. The van der Waals surface area contributed by atoms with Crippen molar-refractivity contribution >= 4 is 5.97 Å². The molecule has 1 rings (SSSR count). The zero-order valence-corrected chi connectivity index (χ0v) is 26.9. The van der Waals surface area contributed by atoms with Crippen LogP contribution in [-0.4, -0.2) is 84.7 Å². The summed E-state index contributed by atoms with van der Waals surface area (Å²) in [6, 6.07) is 10.1. The molecule has 0 amide bonds. The van der Waals surface area contributed by atoms with Crippen LogP contribution in [0.25, 0.3) is 0 Å². The Morgan fingerprint density at radius 2 is 1.19 bits per heavy atom. The van der Waals surface area contributed by atoms with Crippen LogP contribution in [0.2, 0.25) is 0 Å². The first-order chi connectivity index (χ1) is 20.7. The van der Waals surface area contributed by atoms with Gasteiger partial charge in [0.05, 0.1) is 72.7 Å². The molecule has 8 nitrogen and oxygen atoms in total. The molecule has 0 spiro atoms. The van der Waals surface area contributed by atoms with Crippen molar-refractivity contribution in [1.29, 1.82) is 0 Å². The first-order valence-corrected chi connectivity index (χ1v) is 16.4. The molecule has 0 heterocycles. The van der Waals surface area contributed by atoms with Gasteiger partial charge in [-0.1, -0.05) is 83.2 Å². The SMILES string of the molecule is CCCCC(CC)OC(=O)CCCCCCCOCC(C)COCCOCCOCCOCCOCc1ccccc1. The smallest absolute Gasteiger partial charge is 0.306 e. The molecular weight excluding hydrogens is 536 g/mol. The molecule has 8 heteroatoms. The number of hydrogen-bond donors (Lipinski definition) is 0. The number of benzene rings is 1. The molecule has 0 bridgehead atoms. The third-order valence-electron chi connectivity index (χ3n) is 6.71. The molecule has 0 radical (unpaired) electrons. The summed E-state index contributed by atoms with van der Waals surface area (Å²) in [5.74, 6) is 0.319. The van der Waals surface area contributed by atoms with Crippen LogP contribution in [0.1, 0.15) is 90.5 Å². The van der Waals surface area contributed by atoms with E-state index < -0.39 is 0 Å². The molecule has 0 aliphatic heterocycles. The molecular formula is C34H60O8. The minimum absolute atomic E-state index is 0.0349. The predicted molar refractivity (Wildman–Crippen MR) is 167 cm³/mol. The van der Waals surface area contributed by atoms with E-state index >= 15 is 0 Å². The minimum Gasteiger partial charge on any atom is -0.462 e. The van der Waals surface area contributed by atoms with Crippen LogP contribution in [0, 0.1) is 5.92 Å². The third kappa shape index (κ3) is 25.0. The average Bonchev–Trinajstić information content (AvgIpc) is 3.00. The molecule has 42 heavy (non-hydrogen) atoms. The Kier molecular flexibility index (Phi) is 27.0. The second-order valence-corrected chi connectivity index (χ2v) is 10.8. The molecule has 1 aromatic carbocycles. The zero-order chi connectivity index (χ0) is 30.4. The van der Waals surface area contributed by atoms with Crippen molar-refractivity contribution in [2.24, 2.45) is 5.92 Å². The number of rotatable bonds is 31. The quantitative estimate of drug-likeness (QED) is 0.0686. The van der Waals surface area contributed by atoms with E-state index in [9.17, 15) is 4.79 Å². The number of hydrogen-bond acceptors (Lipinski definition) is 8. The highest BCUT2D eigenvalue weighted by atomic mass is 16.6. The van der Waals surface area contributed by atoms with Gasteiger partial charge in [-0.2, -0.15) is 0 Å². The van der Waals surface area contributed by atoms with Crippen molar-refractivity contribution in [2.75, 3.05) is 72.7 Å². The maximum absolute atomic E-state index is 12.0. The lowest BCUT2D eigenvalue weighted by Crippen LogP contribution is -2.17. The van der Waals surface area contributed by atoms with Crippen LogP contribution in [0.4, 0.5) is 0 Å². The second kappa shape index (κ2) is 29.5. The minimum atomic E-state index is -0.0349. The van der Waals surface area contributed by atoms with Gasteiger partial charge < -0.3 is 33.2 Å². The number of carbonyl (C=O) groups excluding carboxylic acids is 1. The molecule has 0 fully saturated rings. The molecule has 244 valence electrons. The molecule has 0 aliphatic rings. The Hall–Kier alpha value is -1.55. The van der Waals surface area contributed by atoms with Gasteiger partial charge in [-0.05, 0) is 31.2 Å². The predicted octanol–water partition coefficient (Wildman–Crippen LogP) is 6.77. The lowest BCUT2D eigenvalue weighted by molar-refractivity contribution is -0.149. The summed E-state index contributed by atoms with van der Waals surface area (Å²) < 4.78 is 39.2. The van der Waals surface area contributed by atoms with Crippen molar-refractivity contribution < 1.29 is 38.0 Å². The van der Waals surface area contributed by atoms with Gasteiger partial charge in [0, 0.05) is 18.9 Å². The first kappa shape index (κ1) is 38.5. The van der Waals surface area contributed by atoms with Crippen LogP contribution in [0.5, 0.6) is 0 Å². The van der Waals surface area contributed by atoms with Gasteiger partial charge in [0.2, 0.25) is 0 Å². The van der Waals surface area contributed by atoms with Gasteiger partial charge >= 0.3 is 5.97 Å². The van der Waals surface area contributed by atoms with Crippen LogP contribution >= 0.6 is 0 Å². The number of esters is 1. The maximum Gasteiger partial charge on any atom is 0.306 e. The summed E-state index contributed by atoms with van der Waals surface area (Å²) in [4.78, 5) is 12.0. The fourth-order valence-corrected chi connectivity index (χ4v) is 4.19. The summed E-state index contributed by atoms with van der Waals surface area (Å²) in [6.45, 7) is 13.6. The Bertz CT molecular complexity index is 702. The van der Waals surface area contributed by atoms with Crippen LogP contribution in [0.3, 0.4) is 0 Å². The van der Waals surface area contributed by atoms with Crippen LogP contribution < -0.4 is 0 Å². The lowest BCUT2D eigenvalue weighted by Gasteiger charge is -2.15. The van der Waals surface area contributed by atoms with Crippen molar-refractivity contribution in [2.45, 2.75) is 97.7 Å². The number of carbonyl (C=O) groups is 1. The Morgan fingerprint density at radius 3 is 1.81 bits per heavy atom. The molecule has 0 aliphatic carbocycles. The van der Waals surface area contributed by atoms with E-state index in [4.69, 9.17) is 33.2 Å². The van der Waals surface area contributed by atoms with E-state index in [0.717, 1.165) is 64.4 Å². The Labute approximate surface area is 256 Å². The highest BCUT2D eigenvalue weighted by molar-refractivity contribution is 5.69. The van der Waals surface area contributed by atoms with E-state index in [2.05, 4.69) is 20.8 Å². The van der Waals surface area contributed by atoms with Crippen LogP contribution in [0.15, 0.2) is 30.3 Å². The Morgan fingerprint density at radius 1 is 0.643 bits per heavy atom. The molecule has 0 N–H and O–H groups in total. The van der Waals surface area contributed by atoms with Gasteiger partial charge in [0.15, 0.2) is 0 Å². The molecule has 0 saturated carbocycles. The maximum atomic E-state index is 12.0. The summed E-state index contributed by atoms with van der Waals surface area (Å²) in [5.41, 5.74) is 1.17. The average molecular weight is 597 g/mol. The van der Waals surface area contributed by atoms with Crippen molar-refractivity contribution in [3.05, 3.63) is 35.9 Å². The van der Waals surface area contributed by atoms with Crippen LogP contribution in [-0.2, 0) is 44.6 Å². The molecule has 2 unspecified atom stereocenters. The number of unbranched alkanes of at least 4 members (excludes halogenated alkanes) is 5. The zero-order valence-electron chi connectivity index (χ0n) is 26.9. The van der Waals surface area contributed by atoms with Gasteiger partial charge in [-0.3, -0.25) is 4.79 Å². The van der Waals surface area contributed by atoms with E-state index in [1.807, 2.05) is 30.3 Å². The largest absolute Gasteiger partial charge is 0.462 e. The van der Waals surface area contributed by atoms with Crippen molar-refractivity contribution in [3.63, 3.8) is 0 Å². The summed E-state index contributed by atoms with van der Waals surface area (Å²) in [6.07, 6.45) is 10.1. The monoisotopic (exact) mass is 596 g/mol. The summed E-state index contributed by atoms with van der Waals surface area (Å²) in [5, 5.41) is 0. The van der Waals surface area contributed by atoms with Crippen molar-refractivity contribution in [3.8, 4) is 0 Å². The summed E-state index contributed by atoms with van der Waals surface area (Å²) >= 11 is 0. The topological polar surface area (TPSA) is 81.7 Å². The number of ether oxygens (including phenoxy) is 7. The molecule has 0 aromatic heterocycles.